The summed E-state index contributed by atoms with van der Waals surface area (Å²) in [5, 5.41) is 3.88. The first kappa shape index (κ1) is 31.5. The number of rotatable bonds is 8. The first-order chi connectivity index (χ1) is 21.5. The van der Waals surface area contributed by atoms with Gasteiger partial charge in [0.2, 0.25) is 0 Å². The molecule has 0 amide bonds. The molecule has 1 aliphatic carbocycles. The Kier molecular flexibility index (Phi) is 10.5. The van der Waals surface area contributed by atoms with Crippen LogP contribution in [-0.4, -0.2) is 21.0 Å². The van der Waals surface area contributed by atoms with Gasteiger partial charge in [0.1, 0.15) is 0 Å². The fraction of sp³-hybridized carbons (Fsp3) is 0.167. The molecule has 6 rings (SSSR count). The van der Waals surface area contributed by atoms with E-state index in [0.29, 0.717) is 0 Å². The second-order valence-electron chi connectivity index (χ2n) is 10.1. The van der Waals surface area contributed by atoms with E-state index in [0.717, 1.165) is 52.4 Å². The Bertz CT molecular complexity index is 1720. The van der Waals surface area contributed by atoms with Crippen LogP contribution in [0, 0.1) is 0 Å². The van der Waals surface area contributed by atoms with E-state index in [9.17, 15) is 0 Å². The van der Waals surface area contributed by atoms with E-state index >= 15 is 0 Å². The van der Waals surface area contributed by atoms with Gasteiger partial charge in [-0.1, -0.05) is 104 Å². The van der Waals surface area contributed by atoms with Crippen LogP contribution < -0.4 is 9.80 Å². The van der Waals surface area contributed by atoms with Gasteiger partial charge in [0, 0.05) is 42.3 Å². The zero-order valence-corrected chi connectivity index (χ0v) is 29.8. The maximum absolute atomic E-state index is 6.43. The second kappa shape index (κ2) is 14.7. The van der Waals surface area contributed by atoms with E-state index < -0.39 is 0 Å². The van der Waals surface area contributed by atoms with Gasteiger partial charge in [-0.15, -0.1) is 0 Å². The lowest BCUT2D eigenvalue weighted by molar-refractivity contribution is 0.991. The van der Waals surface area contributed by atoms with Crippen LogP contribution in [0.25, 0.3) is 0 Å². The van der Waals surface area contributed by atoms with Gasteiger partial charge in [-0.05, 0) is 109 Å². The van der Waals surface area contributed by atoms with Crippen molar-refractivity contribution in [1.29, 1.82) is 0 Å². The minimum absolute atomic E-state index is 0.266. The zero-order valence-electron chi connectivity index (χ0n) is 24.5. The van der Waals surface area contributed by atoms with Crippen molar-refractivity contribution in [3.8, 4) is 0 Å². The van der Waals surface area contributed by atoms with Gasteiger partial charge in [-0.3, -0.25) is 4.99 Å². The van der Waals surface area contributed by atoms with Crippen molar-refractivity contribution < 1.29 is 0 Å². The minimum Gasteiger partial charge on any atom is -0.335 e. The predicted octanol–water partition coefficient (Wildman–Crippen LogP) is 11.8. The lowest BCUT2D eigenvalue weighted by Crippen LogP contribution is -2.19. The third-order valence-electron chi connectivity index (χ3n) is 7.28. The van der Waals surface area contributed by atoms with E-state index in [-0.39, 0.29) is 20.7 Å². The normalized spacial score (nSPS) is 18.5. The van der Waals surface area contributed by atoms with Gasteiger partial charge < -0.3 is 9.80 Å². The average molecular weight is 769 g/mol. The molecular formula is C36H32Cl2IN3S2. The van der Waals surface area contributed by atoms with Crippen LogP contribution in [-0.2, 0) is 0 Å². The molecule has 0 saturated heterocycles. The number of halogens is 3. The Morgan fingerprint density at radius 2 is 1.70 bits per heavy atom. The maximum Gasteiger partial charge on any atom is 0.0959 e. The molecule has 0 radical (unpaired) electrons. The summed E-state index contributed by atoms with van der Waals surface area (Å²) in [6, 6.07) is 27.6. The highest BCUT2D eigenvalue weighted by Crippen LogP contribution is 2.49. The smallest absolute Gasteiger partial charge is 0.0959 e. The number of benzene rings is 3. The van der Waals surface area contributed by atoms with Crippen LogP contribution in [0.2, 0.25) is 5.02 Å². The number of aliphatic imine (C=N–C) groups is 1. The van der Waals surface area contributed by atoms with Crippen molar-refractivity contribution in [2.24, 2.45) is 4.99 Å². The molecule has 0 atom stereocenters. The Morgan fingerprint density at radius 1 is 0.977 bits per heavy atom. The zero-order chi connectivity index (χ0) is 30.5. The van der Waals surface area contributed by atoms with Crippen LogP contribution in [0.3, 0.4) is 0 Å². The van der Waals surface area contributed by atoms with Gasteiger partial charge >= 0.3 is 0 Å². The van der Waals surface area contributed by atoms with Gasteiger partial charge in [-0.25, -0.2) is 0 Å². The minimum atomic E-state index is -0.266. The molecule has 44 heavy (non-hydrogen) atoms. The molecule has 0 N–H and O–H groups in total. The molecule has 0 spiro atoms. The van der Waals surface area contributed by atoms with E-state index in [1.165, 1.54) is 35.3 Å². The molecule has 0 unspecified atom stereocenters. The predicted molar refractivity (Wildman–Crippen MR) is 205 cm³/mol. The molecule has 0 aromatic heterocycles. The Morgan fingerprint density at radius 3 is 2.34 bits per heavy atom. The van der Waals surface area contributed by atoms with E-state index in [4.69, 9.17) is 28.2 Å². The highest BCUT2D eigenvalue weighted by Gasteiger charge is 2.30. The fourth-order valence-electron chi connectivity index (χ4n) is 5.39. The summed E-state index contributed by atoms with van der Waals surface area (Å²) < 4.78 is 3.52. The molecule has 0 fully saturated rings. The SMILES string of the molecule is CCN=C(/C=C1\CCC(/C=C2/Sc3ccc(Cl)cc3N2CC)=C1N(c1ccccc1)c1ccccc1)SC1=IC=C(Cl)C=C1. The summed E-state index contributed by atoms with van der Waals surface area (Å²) in [5.74, 6) is 0. The first-order valence-electron chi connectivity index (χ1n) is 14.6. The molecule has 0 bridgehead atoms. The average Bonchev–Trinajstić information content (AvgIpc) is 3.59. The molecule has 3 nitrogen and oxygen atoms in total. The molecule has 3 aromatic carbocycles. The topological polar surface area (TPSA) is 18.8 Å². The third kappa shape index (κ3) is 7.15. The fourth-order valence-corrected chi connectivity index (χ4v) is 10.4. The van der Waals surface area contributed by atoms with E-state index in [1.807, 2.05) is 23.9 Å². The summed E-state index contributed by atoms with van der Waals surface area (Å²) in [5.41, 5.74) is 7.29. The van der Waals surface area contributed by atoms with Gasteiger partial charge in [0.15, 0.2) is 0 Å². The second-order valence-corrected chi connectivity index (χ2v) is 16.3. The summed E-state index contributed by atoms with van der Waals surface area (Å²) in [7, 11) is 0. The number of nitrogens with zero attached hydrogens (tertiary/aromatic N) is 3. The molecule has 2 heterocycles. The summed E-state index contributed by atoms with van der Waals surface area (Å²) in [6.45, 7) is 5.91. The molecule has 3 aromatic rings. The largest absolute Gasteiger partial charge is 0.335 e. The van der Waals surface area contributed by atoms with Crippen molar-refractivity contribution in [3.05, 3.63) is 139 Å². The molecule has 2 aliphatic heterocycles. The lowest BCUT2D eigenvalue weighted by atomic mass is 10.1. The van der Waals surface area contributed by atoms with Gasteiger partial charge in [0.05, 0.1) is 21.5 Å². The number of para-hydroxylation sites is 2. The number of hydrogen-bond acceptors (Lipinski definition) is 5. The van der Waals surface area contributed by atoms with Crippen LogP contribution in [0.1, 0.15) is 26.7 Å². The molecule has 0 saturated carbocycles. The Balaban J connectivity index is 1.50. The standard InChI is InChI=1S/C36H32Cl2IN3S2/c1-3-40-34(44-33-20-18-28(38)24-39-33)21-25-15-16-26(22-35-41(4-2)31-23-27(37)17-19-32(31)43-35)36(25)42(29-11-7-5-8-12-29)30-13-9-6-10-14-30/h5-14,17-24H,3-4,15-16H2,1-2H3/b25-21+,35-22+,40-34?. The van der Waals surface area contributed by atoms with Crippen LogP contribution in [0.4, 0.5) is 17.1 Å². The quantitative estimate of drug-likeness (QED) is 0.129. The first-order valence-corrected chi connectivity index (χ1v) is 19.3. The van der Waals surface area contributed by atoms with Crippen LogP contribution in [0.15, 0.2) is 144 Å². The molecule has 224 valence electrons. The third-order valence-corrected chi connectivity index (χ3v) is 13.2. The monoisotopic (exact) mass is 767 g/mol. The number of thioether (sulfide) groups is 2. The van der Waals surface area contributed by atoms with Crippen molar-refractivity contribution in [1.82, 2.24) is 0 Å². The Hall–Kier alpha value is -2.49. The van der Waals surface area contributed by atoms with Crippen LogP contribution >= 0.6 is 67.5 Å². The summed E-state index contributed by atoms with van der Waals surface area (Å²) in [4.78, 5) is 11.0. The molecular weight excluding hydrogens is 736 g/mol. The number of allylic oxidation sites excluding steroid dienone is 5. The lowest BCUT2D eigenvalue weighted by Gasteiger charge is -2.29. The highest BCUT2D eigenvalue weighted by atomic mass is 127. The number of anilines is 3. The van der Waals surface area contributed by atoms with Crippen molar-refractivity contribution in [2.75, 3.05) is 22.9 Å². The van der Waals surface area contributed by atoms with Gasteiger partial charge in [-0.2, -0.15) is 0 Å². The highest BCUT2D eigenvalue weighted by molar-refractivity contribution is 14.2. The number of hydrogen-bond donors (Lipinski definition) is 0. The maximum atomic E-state index is 6.43. The Labute approximate surface area is 288 Å². The number of fused-ring (bicyclic) bond motifs is 1. The van der Waals surface area contributed by atoms with Crippen molar-refractivity contribution in [2.45, 2.75) is 31.6 Å². The van der Waals surface area contributed by atoms with Crippen molar-refractivity contribution in [3.63, 3.8) is 0 Å². The summed E-state index contributed by atoms with van der Waals surface area (Å²) >= 11 is 16.0. The van der Waals surface area contributed by atoms with E-state index in [1.54, 1.807) is 11.8 Å². The molecule has 3 aliphatic rings. The molecule has 8 heteroatoms. The van der Waals surface area contributed by atoms with Gasteiger partial charge in [0.25, 0.3) is 0 Å². The van der Waals surface area contributed by atoms with E-state index in [2.05, 4.69) is 119 Å². The van der Waals surface area contributed by atoms with Crippen molar-refractivity contribution >= 4 is 92.4 Å². The summed E-state index contributed by atoms with van der Waals surface area (Å²) in [6.07, 6.45) is 10.8. The van der Waals surface area contributed by atoms with Crippen LogP contribution in [0.5, 0.6) is 0 Å².